The van der Waals surface area contributed by atoms with Gasteiger partial charge in [-0.2, -0.15) is 0 Å². The molecule has 5 rings (SSSR count). The first-order chi connectivity index (χ1) is 25.5. The fourth-order valence-electron chi connectivity index (χ4n) is 10.8. The summed E-state index contributed by atoms with van der Waals surface area (Å²) in [7, 11) is -3.97. The normalized spacial score (nSPS) is 32.6. The van der Waals surface area contributed by atoms with Crippen LogP contribution in [0.25, 0.3) is 0 Å². The van der Waals surface area contributed by atoms with E-state index in [4.69, 9.17) is 24.9 Å². The lowest BCUT2D eigenvalue weighted by molar-refractivity contribution is -0.215. The monoisotopic (exact) mass is 799 g/mol. The molecule has 0 unspecified atom stereocenters. The summed E-state index contributed by atoms with van der Waals surface area (Å²) in [4.78, 5) is 0. The fourth-order valence-corrected chi connectivity index (χ4v) is 13.5. The predicted octanol–water partition coefficient (Wildman–Crippen LogP) is 13.5. The van der Waals surface area contributed by atoms with Crippen LogP contribution in [0, 0.1) is 28.6 Å². The zero-order valence-corrected chi connectivity index (χ0v) is 40.1. The molecule has 5 nitrogen and oxygen atoms in total. The van der Waals surface area contributed by atoms with E-state index in [2.05, 4.69) is 101 Å². The smallest absolute Gasteiger partial charge is 0.192 e. The van der Waals surface area contributed by atoms with E-state index in [1.807, 2.05) is 0 Å². The summed E-state index contributed by atoms with van der Waals surface area (Å²) < 4.78 is 27.2. The van der Waals surface area contributed by atoms with Gasteiger partial charge in [0.15, 0.2) is 22.4 Å². The second kappa shape index (κ2) is 17.2. The van der Waals surface area contributed by atoms with Crippen molar-refractivity contribution in [3.63, 3.8) is 0 Å². The van der Waals surface area contributed by atoms with Gasteiger partial charge in [-0.05, 0) is 141 Å². The highest BCUT2D eigenvalue weighted by Gasteiger charge is 2.62. The number of hydrogen-bond acceptors (Lipinski definition) is 5. The van der Waals surface area contributed by atoms with Crippen LogP contribution in [0.4, 0.5) is 0 Å². The third-order valence-electron chi connectivity index (χ3n) is 16.7. The molecule has 0 aromatic rings. The van der Waals surface area contributed by atoms with Gasteiger partial charge in [-0.3, -0.25) is 0 Å². The van der Waals surface area contributed by atoms with E-state index in [-0.39, 0.29) is 45.1 Å². The lowest BCUT2D eigenvalue weighted by Gasteiger charge is -2.46. The van der Waals surface area contributed by atoms with Crippen LogP contribution >= 0.6 is 0 Å². The summed E-state index contributed by atoms with van der Waals surface area (Å²) in [6, 6.07) is 0. The van der Waals surface area contributed by atoms with E-state index in [9.17, 15) is 5.11 Å². The van der Waals surface area contributed by atoms with Gasteiger partial charge >= 0.3 is 0 Å². The van der Waals surface area contributed by atoms with E-state index in [0.29, 0.717) is 25.0 Å². The molecule has 1 saturated heterocycles. The van der Waals surface area contributed by atoms with Crippen LogP contribution in [0.15, 0.2) is 35.5 Å². The Morgan fingerprint density at radius 1 is 0.891 bits per heavy atom. The molecule has 4 saturated carbocycles. The predicted molar refractivity (Wildman–Crippen MR) is 236 cm³/mol. The number of fused-ring (bicyclic) bond motifs is 1. The third kappa shape index (κ3) is 9.75. The second-order valence-electron chi connectivity index (χ2n) is 22.4. The van der Waals surface area contributed by atoms with Gasteiger partial charge in [0.1, 0.15) is 0 Å². The average Bonchev–Trinajstić information content (AvgIpc) is 3.58. The van der Waals surface area contributed by atoms with Crippen LogP contribution in [0.1, 0.15) is 165 Å². The fraction of sp³-hybridized carbons (Fsp3) is 0.875. The maximum absolute atomic E-state index is 11.9. The number of allylic oxidation sites excluding steroid dienone is 3. The first-order valence-corrected chi connectivity index (χ1v) is 28.7. The summed E-state index contributed by atoms with van der Waals surface area (Å²) in [5.74, 6) is 0.988. The first-order valence-electron chi connectivity index (χ1n) is 22.9. The topological polar surface area (TPSA) is 57.2 Å². The third-order valence-corrected chi connectivity index (χ3v) is 25.7. The molecule has 7 atom stereocenters. The Balaban J connectivity index is 1.29. The number of aliphatic hydroxyl groups is 1. The molecule has 5 aliphatic rings. The van der Waals surface area contributed by atoms with Crippen molar-refractivity contribution < 1.29 is 23.4 Å². The zero-order valence-electron chi connectivity index (χ0n) is 38.1. The summed E-state index contributed by atoms with van der Waals surface area (Å²) >= 11 is 0. The second-order valence-corrected chi connectivity index (χ2v) is 31.9. The van der Waals surface area contributed by atoms with Crippen molar-refractivity contribution in [3.8, 4) is 0 Å². The molecule has 55 heavy (non-hydrogen) atoms. The van der Waals surface area contributed by atoms with Crippen molar-refractivity contribution in [2.75, 3.05) is 13.2 Å². The van der Waals surface area contributed by atoms with E-state index < -0.39 is 22.4 Å². The van der Waals surface area contributed by atoms with Crippen LogP contribution < -0.4 is 0 Å². The number of rotatable bonds is 16. The lowest BCUT2D eigenvalue weighted by atomic mass is 9.60. The summed E-state index contributed by atoms with van der Waals surface area (Å²) in [5.41, 5.74) is 4.43. The average molecular weight is 799 g/mol. The Morgan fingerprint density at radius 2 is 1.53 bits per heavy atom. The molecular formula is C48H86O5Si2. The van der Waals surface area contributed by atoms with Gasteiger partial charge in [0.05, 0.1) is 31.5 Å². The van der Waals surface area contributed by atoms with Crippen LogP contribution in [0.5, 0.6) is 0 Å². The molecule has 0 bridgehead atoms. The van der Waals surface area contributed by atoms with Crippen molar-refractivity contribution in [1.29, 1.82) is 0 Å². The van der Waals surface area contributed by atoms with Crippen molar-refractivity contribution in [1.82, 2.24) is 0 Å². The Hall–Kier alpha value is -0.546. The molecule has 1 heterocycles. The van der Waals surface area contributed by atoms with Crippen molar-refractivity contribution in [2.24, 2.45) is 28.6 Å². The molecule has 0 amide bonds. The Bertz CT molecular complexity index is 1370. The van der Waals surface area contributed by atoms with Crippen LogP contribution in [-0.2, 0) is 18.3 Å². The van der Waals surface area contributed by atoms with Crippen molar-refractivity contribution in [2.45, 2.75) is 225 Å². The van der Waals surface area contributed by atoms with Gasteiger partial charge in [-0.25, -0.2) is 0 Å². The van der Waals surface area contributed by atoms with E-state index >= 15 is 0 Å². The minimum atomic E-state index is -2.01. The Kier molecular flexibility index (Phi) is 14.2. The SMILES string of the molecule is C=C1/C(=C\C=C2/CCC[C@]3(C)[C@@H]([C@H](C)[C@@H](O)CCC4(C5(CCCCCC)OCCO5)CC4)CC[C@@H]23)C[C@@H](O[Si](C)(C)C(C)(C)C)C[C@@H]1O[Si](C)(C)C(C)(C)C. The van der Waals surface area contributed by atoms with E-state index in [1.54, 1.807) is 5.57 Å². The molecule has 316 valence electrons. The Morgan fingerprint density at radius 3 is 2.13 bits per heavy atom. The molecule has 1 aliphatic heterocycles. The van der Waals surface area contributed by atoms with Gasteiger partial charge in [-0.15, -0.1) is 0 Å². The highest BCUT2D eigenvalue weighted by Crippen LogP contribution is 2.63. The largest absolute Gasteiger partial charge is 0.413 e. The van der Waals surface area contributed by atoms with Crippen molar-refractivity contribution in [3.05, 3.63) is 35.5 Å². The molecule has 1 N–H and O–H groups in total. The molecular weight excluding hydrogens is 713 g/mol. The maximum atomic E-state index is 11.9. The first kappa shape index (κ1) is 45.5. The lowest BCUT2D eigenvalue weighted by Crippen LogP contribution is -2.49. The van der Waals surface area contributed by atoms with Gasteiger partial charge in [0.2, 0.25) is 0 Å². The quantitative estimate of drug-likeness (QED) is 0.124. The molecule has 0 spiro atoms. The van der Waals surface area contributed by atoms with Gasteiger partial charge < -0.3 is 23.4 Å². The van der Waals surface area contributed by atoms with Gasteiger partial charge in [0, 0.05) is 18.3 Å². The van der Waals surface area contributed by atoms with Crippen LogP contribution in [0.3, 0.4) is 0 Å². The minimum absolute atomic E-state index is 0.00129. The number of ether oxygens (including phenoxy) is 2. The van der Waals surface area contributed by atoms with Crippen LogP contribution in [0.2, 0.25) is 36.3 Å². The zero-order chi connectivity index (χ0) is 40.7. The summed E-state index contributed by atoms with van der Waals surface area (Å²) in [5, 5.41) is 12.2. The minimum Gasteiger partial charge on any atom is -0.413 e. The molecule has 5 fully saturated rings. The molecule has 4 aliphatic carbocycles. The molecule has 0 aromatic heterocycles. The summed E-state index contributed by atoms with van der Waals surface area (Å²) in [6.07, 6.45) is 22.9. The highest BCUT2D eigenvalue weighted by molar-refractivity contribution is 6.74. The van der Waals surface area contributed by atoms with Crippen LogP contribution in [-0.4, -0.2) is 59.1 Å². The Labute approximate surface area is 341 Å². The van der Waals surface area contributed by atoms with Gasteiger partial charge in [-0.1, -0.05) is 106 Å². The van der Waals surface area contributed by atoms with E-state index in [0.717, 1.165) is 32.1 Å². The molecule has 0 radical (unpaired) electrons. The standard InChI is InChI=1S/C48H86O5Si2/c1-15-16-17-18-27-48(50-31-32-51-48)47(29-30-47)28-25-42(49)36(3)40-23-24-41-37(20-19-26-46(40,41)10)21-22-38-33-39(52-54(11,12)44(4,5)6)34-43(35(38)2)53-55(13,14)45(7,8)9/h21-22,36,39-43,49H,2,15-20,23-34H2,1,3-14H3/b37-21+,38-22-/t36-,39+,40+,41-,42-,43-,46+/m0/s1. The van der Waals surface area contributed by atoms with Gasteiger partial charge in [0.25, 0.3) is 0 Å². The van der Waals surface area contributed by atoms with Crippen molar-refractivity contribution >= 4 is 16.6 Å². The molecule has 0 aromatic carbocycles. The van der Waals surface area contributed by atoms with E-state index in [1.165, 1.54) is 81.8 Å². The number of unbranched alkanes of at least 4 members (excludes halogenated alkanes) is 3. The number of aliphatic hydroxyl groups excluding tert-OH is 1. The highest BCUT2D eigenvalue weighted by atomic mass is 28.4. The number of hydrogen-bond donors (Lipinski definition) is 1. The maximum Gasteiger partial charge on any atom is 0.192 e. The summed E-state index contributed by atoms with van der Waals surface area (Å²) in [6.45, 7) is 36.9. The molecule has 7 heteroatoms.